The maximum Gasteiger partial charge on any atom is 0.264 e. The molecular formula is C26H20BrNO4S. The Bertz CT molecular complexity index is 1470. The van der Waals surface area contributed by atoms with Crippen molar-refractivity contribution < 1.29 is 17.9 Å². The summed E-state index contributed by atoms with van der Waals surface area (Å²) >= 11 is 3.48. The van der Waals surface area contributed by atoms with Gasteiger partial charge in [0.1, 0.15) is 11.2 Å². The maximum absolute atomic E-state index is 14.0. The van der Waals surface area contributed by atoms with Gasteiger partial charge in [-0.05, 0) is 35.2 Å². The average Bonchev–Trinajstić information content (AvgIpc) is 2.83. The molecule has 1 unspecified atom stereocenters. The third-order valence-electron chi connectivity index (χ3n) is 6.06. The molecule has 5 nitrogen and oxygen atoms in total. The molecule has 0 aliphatic carbocycles. The Morgan fingerprint density at radius 1 is 0.909 bits per heavy atom. The molecule has 1 amide bonds. The smallest absolute Gasteiger partial charge is 0.264 e. The summed E-state index contributed by atoms with van der Waals surface area (Å²) < 4.78 is 36.0. The molecule has 1 heterocycles. The lowest BCUT2D eigenvalue weighted by atomic mass is 9.70. The van der Waals surface area contributed by atoms with Crippen LogP contribution < -0.4 is 9.46 Å². The summed E-state index contributed by atoms with van der Waals surface area (Å²) in [6.45, 7) is 0.283. The number of fused-ring (bicyclic) bond motifs is 2. The predicted molar refractivity (Wildman–Crippen MR) is 131 cm³/mol. The highest BCUT2D eigenvalue weighted by Gasteiger charge is 2.47. The Morgan fingerprint density at radius 3 is 2.45 bits per heavy atom. The van der Waals surface area contributed by atoms with E-state index in [-0.39, 0.29) is 11.5 Å². The van der Waals surface area contributed by atoms with Crippen molar-refractivity contribution in [3.63, 3.8) is 0 Å². The first-order valence-electron chi connectivity index (χ1n) is 10.5. The van der Waals surface area contributed by atoms with Gasteiger partial charge in [0, 0.05) is 21.8 Å². The normalized spacial score (nSPS) is 17.7. The van der Waals surface area contributed by atoms with E-state index in [0.717, 1.165) is 9.86 Å². The molecule has 1 atom stereocenters. The second-order valence-electron chi connectivity index (χ2n) is 7.92. The summed E-state index contributed by atoms with van der Waals surface area (Å²) in [5.41, 5.74) is 0.106. The van der Waals surface area contributed by atoms with Crippen molar-refractivity contribution in [3.05, 3.63) is 107 Å². The molecule has 166 valence electrons. The molecule has 0 fully saturated rings. The molecule has 0 bridgehead atoms. The number of benzene rings is 4. The Labute approximate surface area is 200 Å². The first-order valence-corrected chi connectivity index (χ1v) is 12.7. The summed E-state index contributed by atoms with van der Waals surface area (Å²) in [5.74, 6) is -0.0460. The Morgan fingerprint density at radius 2 is 1.64 bits per heavy atom. The fourth-order valence-electron chi connectivity index (χ4n) is 4.49. The summed E-state index contributed by atoms with van der Waals surface area (Å²) in [6.07, 6.45) is 0.303. The molecule has 0 spiro atoms. The monoisotopic (exact) mass is 521 g/mol. The Balaban J connectivity index is 1.66. The zero-order valence-corrected chi connectivity index (χ0v) is 19.9. The number of carbonyl (C=O) groups is 1. The first-order chi connectivity index (χ1) is 15.9. The summed E-state index contributed by atoms with van der Waals surface area (Å²) in [4.78, 5) is 14.0. The van der Waals surface area contributed by atoms with E-state index in [2.05, 4.69) is 20.7 Å². The molecular weight excluding hydrogens is 502 g/mol. The van der Waals surface area contributed by atoms with Gasteiger partial charge in [0.2, 0.25) is 5.91 Å². The van der Waals surface area contributed by atoms with Crippen LogP contribution in [0.3, 0.4) is 0 Å². The zero-order chi connectivity index (χ0) is 23.1. The van der Waals surface area contributed by atoms with Gasteiger partial charge in [-0.3, -0.25) is 4.79 Å². The Kier molecular flexibility index (Phi) is 5.46. The minimum atomic E-state index is -4.15. The van der Waals surface area contributed by atoms with Gasteiger partial charge in [-0.15, -0.1) is 0 Å². The molecule has 4 aromatic rings. The van der Waals surface area contributed by atoms with Crippen LogP contribution in [0.1, 0.15) is 17.5 Å². The van der Waals surface area contributed by atoms with E-state index in [1.165, 1.54) is 6.07 Å². The number of hydrogen-bond acceptors (Lipinski definition) is 4. The minimum Gasteiger partial charge on any atom is -0.493 e. The van der Waals surface area contributed by atoms with Gasteiger partial charge < -0.3 is 4.74 Å². The third-order valence-corrected chi connectivity index (χ3v) is 7.94. The third kappa shape index (κ3) is 3.71. The van der Waals surface area contributed by atoms with Gasteiger partial charge in [0.15, 0.2) is 0 Å². The van der Waals surface area contributed by atoms with E-state index >= 15 is 0 Å². The first kappa shape index (κ1) is 21.7. The highest BCUT2D eigenvalue weighted by molar-refractivity contribution is 9.10. The van der Waals surface area contributed by atoms with Crippen LogP contribution in [0, 0.1) is 0 Å². The van der Waals surface area contributed by atoms with E-state index < -0.39 is 21.3 Å². The van der Waals surface area contributed by atoms with Crippen molar-refractivity contribution in [2.24, 2.45) is 0 Å². The SMILES string of the molecule is O=C(NS(=O)(=O)c1cccc2ccccc12)C1(c2ccccc2)CCOc2ccc(Br)cc21. The second kappa shape index (κ2) is 8.32. The van der Waals surface area contributed by atoms with Crippen LogP contribution in [0.5, 0.6) is 5.75 Å². The molecule has 0 saturated heterocycles. The number of nitrogens with one attached hydrogen (secondary N) is 1. The summed E-state index contributed by atoms with van der Waals surface area (Å²) in [7, 11) is -4.15. The predicted octanol–water partition coefficient (Wildman–Crippen LogP) is 5.18. The highest BCUT2D eigenvalue weighted by atomic mass is 79.9. The molecule has 0 saturated carbocycles. The minimum absolute atomic E-state index is 0.0682. The van der Waals surface area contributed by atoms with Crippen LogP contribution in [-0.2, 0) is 20.2 Å². The maximum atomic E-state index is 14.0. The molecule has 33 heavy (non-hydrogen) atoms. The molecule has 1 aliphatic rings. The van der Waals surface area contributed by atoms with Gasteiger partial charge in [-0.25, -0.2) is 13.1 Å². The number of rotatable bonds is 4. The fourth-order valence-corrected chi connectivity index (χ4v) is 6.12. The van der Waals surface area contributed by atoms with Crippen molar-refractivity contribution in [2.45, 2.75) is 16.7 Å². The van der Waals surface area contributed by atoms with Gasteiger partial charge in [0.25, 0.3) is 10.0 Å². The van der Waals surface area contributed by atoms with Crippen LogP contribution in [-0.4, -0.2) is 20.9 Å². The van der Waals surface area contributed by atoms with Gasteiger partial charge in [-0.2, -0.15) is 0 Å². The molecule has 0 aromatic heterocycles. The van der Waals surface area contributed by atoms with Gasteiger partial charge in [0.05, 0.1) is 11.5 Å². The van der Waals surface area contributed by atoms with E-state index in [1.54, 1.807) is 24.3 Å². The highest BCUT2D eigenvalue weighted by Crippen LogP contribution is 2.45. The van der Waals surface area contributed by atoms with Crippen molar-refractivity contribution >= 4 is 42.6 Å². The van der Waals surface area contributed by atoms with Crippen molar-refractivity contribution in [2.75, 3.05) is 6.61 Å². The van der Waals surface area contributed by atoms with Gasteiger partial charge in [-0.1, -0.05) is 82.7 Å². The van der Waals surface area contributed by atoms with Crippen molar-refractivity contribution in [1.29, 1.82) is 0 Å². The molecule has 5 rings (SSSR count). The van der Waals surface area contributed by atoms with Crippen LogP contribution in [0.4, 0.5) is 0 Å². The van der Waals surface area contributed by atoms with Crippen LogP contribution >= 0.6 is 15.9 Å². The molecule has 7 heteroatoms. The Hall–Kier alpha value is -3.16. The van der Waals surface area contributed by atoms with Gasteiger partial charge >= 0.3 is 0 Å². The lowest BCUT2D eigenvalue weighted by Gasteiger charge is -2.38. The lowest BCUT2D eigenvalue weighted by Crippen LogP contribution is -2.50. The summed E-state index contributed by atoms with van der Waals surface area (Å²) in [5, 5.41) is 1.34. The van der Waals surface area contributed by atoms with E-state index in [4.69, 9.17) is 4.74 Å². The fraction of sp³-hybridized carbons (Fsp3) is 0.115. The molecule has 1 N–H and O–H groups in total. The van der Waals surface area contributed by atoms with Crippen molar-refractivity contribution in [3.8, 4) is 5.75 Å². The average molecular weight is 522 g/mol. The van der Waals surface area contributed by atoms with Crippen LogP contribution in [0.25, 0.3) is 10.8 Å². The van der Waals surface area contributed by atoms with Crippen molar-refractivity contribution in [1.82, 2.24) is 4.72 Å². The second-order valence-corrected chi connectivity index (χ2v) is 10.5. The zero-order valence-electron chi connectivity index (χ0n) is 17.5. The van der Waals surface area contributed by atoms with Crippen LogP contribution in [0.15, 0.2) is 100 Å². The number of carbonyl (C=O) groups excluding carboxylic acids is 1. The molecule has 4 aromatic carbocycles. The lowest BCUT2D eigenvalue weighted by molar-refractivity contribution is -0.124. The van der Waals surface area contributed by atoms with E-state index in [9.17, 15) is 13.2 Å². The number of hydrogen-bond donors (Lipinski definition) is 1. The molecule has 1 aliphatic heterocycles. The number of halogens is 1. The van der Waals surface area contributed by atoms with E-state index in [0.29, 0.717) is 28.7 Å². The largest absolute Gasteiger partial charge is 0.493 e. The number of ether oxygens (including phenoxy) is 1. The number of amides is 1. The quantitative estimate of drug-likeness (QED) is 0.401. The summed E-state index contributed by atoms with van der Waals surface area (Å²) in [6, 6.07) is 26.9. The topological polar surface area (TPSA) is 72.5 Å². The van der Waals surface area contributed by atoms with Crippen LogP contribution in [0.2, 0.25) is 0 Å². The standard InChI is InChI=1S/C26H20BrNO4S/c27-20-13-14-23-22(17-20)26(15-16-32-23,19-9-2-1-3-10-19)25(29)28-33(30,31)24-12-6-8-18-7-4-5-11-21(18)24/h1-14,17H,15-16H2,(H,28,29). The number of sulfonamides is 1. The van der Waals surface area contributed by atoms with E-state index in [1.807, 2.05) is 60.7 Å². The molecule has 0 radical (unpaired) electrons.